The van der Waals surface area contributed by atoms with Gasteiger partial charge in [-0.25, -0.2) is 0 Å². The molecule has 5 rings (SSSR count). The normalized spacial score (nSPS) is 27.5. The van der Waals surface area contributed by atoms with Crippen LogP contribution in [0.2, 0.25) is 0 Å². The predicted molar refractivity (Wildman–Crippen MR) is 123 cm³/mol. The van der Waals surface area contributed by atoms with Gasteiger partial charge in [-0.3, -0.25) is 24.1 Å². The average Bonchev–Trinajstić information content (AvgIpc) is 3.07. The van der Waals surface area contributed by atoms with Crippen LogP contribution in [-0.4, -0.2) is 46.3 Å². The van der Waals surface area contributed by atoms with Crippen molar-refractivity contribution in [3.63, 3.8) is 0 Å². The molecule has 37 heavy (non-hydrogen) atoms. The maximum absolute atomic E-state index is 13.4. The lowest BCUT2D eigenvalue weighted by Gasteiger charge is -2.42. The third-order valence-electron chi connectivity index (χ3n) is 7.64. The van der Waals surface area contributed by atoms with Crippen molar-refractivity contribution >= 4 is 23.4 Å². The Labute approximate surface area is 210 Å². The Kier molecular flexibility index (Phi) is 5.88. The third kappa shape index (κ3) is 3.98. The highest BCUT2D eigenvalue weighted by molar-refractivity contribution is 6.23. The molecule has 1 aliphatic heterocycles. The number of fused-ring (bicyclic) bond motifs is 3. The van der Waals surface area contributed by atoms with Crippen molar-refractivity contribution in [1.82, 2.24) is 4.90 Å². The van der Waals surface area contributed by atoms with Gasteiger partial charge in [0.05, 0.1) is 11.8 Å². The molecule has 1 saturated heterocycles. The van der Waals surface area contributed by atoms with Gasteiger partial charge in [0, 0.05) is 34.7 Å². The minimum absolute atomic E-state index is 0.0417. The first-order chi connectivity index (χ1) is 17.4. The lowest BCUT2D eigenvalue weighted by Crippen LogP contribution is -2.39. The van der Waals surface area contributed by atoms with E-state index in [4.69, 9.17) is 0 Å². The molecule has 1 N–H and O–H groups in total. The molecule has 0 radical (unpaired) electrons. The highest BCUT2D eigenvalue weighted by Crippen LogP contribution is 2.56. The number of carbonyl (C=O) groups excluding carboxylic acids is 4. The molecule has 4 aliphatic rings. The Balaban J connectivity index is 1.68. The summed E-state index contributed by atoms with van der Waals surface area (Å²) in [6.45, 7) is 3.61. The van der Waals surface area contributed by atoms with E-state index < -0.39 is 47.3 Å². The number of allylic oxidation sites excluding steroid dienone is 6. The van der Waals surface area contributed by atoms with Gasteiger partial charge in [0.2, 0.25) is 11.8 Å². The van der Waals surface area contributed by atoms with E-state index in [1.165, 1.54) is 17.9 Å². The molecule has 2 amide bonds. The minimum atomic E-state index is -4.99. The van der Waals surface area contributed by atoms with Gasteiger partial charge in [0.15, 0.2) is 11.6 Å². The second-order valence-electron chi connectivity index (χ2n) is 9.83. The van der Waals surface area contributed by atoms with Crippen LogP contribution in [0, 0.1) is 17.8 Å². The first-order valence-electron chi connectivity index (χ1n) is 12.1. The molecule has 0 bridgehead atoms. The molecule has 0 aromatic heterocycles. The lowest BCUT2D eigenvalue weighted by atomic mass is 9.59. The fraction of sp³-hybridized carbons (Fsp3) is 0.407. The SMILES string of the molecule is CCCN1C(=O)[C@H]2[C@H](CC=C3[C@H](c4cc(OC(F)(F)F)ccc4O)C4=C(C[C@H]32)C(=O)C(C)=CC4=O)C1=O. The number of imide groups is 1. The molecule has 1 aromatic carbocycles. The molecule has 10 heteroatoms. The number of ketones is 2. The van der Waals surface area contributed by atoms with E-state index in [0.717, 1.165) is 18.2 Å². The monoisotopic (exact) mass is 515 g/mol. The number of amides is 2. The van der Waals surface area contributed by atoms with Crippen molar-refractivity contribution in [2.75, 3.05) is 6.54 Å². The first kappa shape index (κ1) is 25.0. The fourth-order valence-corrected chi connectivity index (χ4v) is 6.21. The summed E-state index contributed by atoms with van der Waals surface area (Å²) >= 11 is 0. The zero-order valence-corrected chi connectivity index (χ0v) is 20.1. The van der Waals surface area contributed by atoms with E-state index >= 15 is 0 Å². The highest BCUT2D eigenvalue weighted by atomic mass is 19.4. The first-order valence-corrected chi connectivity index (χ1v) is 12.1. The molecule has 0 saturated carbocycles. The second-order valence-corrected chi connectivity index (χ2v) is 9.83. The van der Waals surface area contributed by atoms with Crippen LogP contribution >= 0.6 is 0 Å². The summed E-state index contributed by atoms with van der Waals surface area (Å²) < 4.78 is 42.9. The Bertz CT molecular complexity index is 1340. The Hall–Kier alpha value is -3.69. The van der Waals surface area contributed by atoms with Crippen LogP contribution in [0.4, 0.5) is 13.2 Å². The van der Waals surface area contributed by atoms with Crippen molar-refractivity contribution in [1.29, 1.82) is 0 Å². The third-order valence-corrected chi connectivity index (χ3v) is 7.64. The smallest absolute Gasteiger partial charge is 0.508 e. The molecule has 1 aromatic rings. The van der Waals surface area contributed by atoms with Crippen LogP contribution in [0.5, 0.6) is 11.5 Å². The highest BCUT2D eigenvalue weighted by Gasteiger charge is 2.56. The lowest BCUT2D eigenvalue weighted by molar-refractivity contribution is -0.274. The topological polar surface area (TPSA) is 101 Å². The Morgan fingerprint density at radius 1 is 1.11 bits per heavy atom. The summed E-state index contributed by atoms with van der Waals surface area (Å²) in [6, 6.07) is 2.99. The number of ether oxygens (including phenoxy) is 1. The molecular formula is C27H24F3NO6. The van der Waals surface area contributed by atoms with Gasteiger partial charge in [0.1, 0.15) is 11.5 Å². The number of likely N-dealkylation sites (tertiary alicyclic amines) is 1. The van der Waals surface area contributed by atoms with E-state index in [2.05, 4.69) is 4.74 Å². The number of halogens is 3. The largest absolute Gasteiger partial charge is 0.573 e. The number of rotatable bonds is 4. The number of aromatic hydroxyl groups is 1. The van der Waals surface area contributed by atoms with Gasteiger partial charge in [-0.1, -0.05) is 18.6 Å². The van der Waals surface area contributed by atoms with Gasteiger partial charge in [-0.15, -0.1) is 13.2 Å². The number of hydrogen-bond donors (Lipinski definition) is 1. The van der Waals surface area contributed by atoms with Gasteiger partial charge in [0.25, 0.3) is 0 Å². The van der Waals surface area contributed by atoms with Gasteiger partial charge in [-0.05, 0) is 56.4 Å². The van der Waals surface area contributed by atoms with E-state index in [1.807, 2.05) is 6.92 Å². The van der Waals surface area contributed by atoms with Crippen molar-refractivity contribution < 1.29 is 42.2 Å². The van der Waals surface area contributed by atoms with Crippen LogP contribution in [0.3, 0.4) is 0 Å². The molecule has 1 fully saturated rings. The van der Waals surface area contributed by atoms with Crippen LogP contribution in [0.15, 0.2) is 52.6 Å². The number of nitrogens with zero attached hydrogens (tertiary/aromatic N) is 1. The van der Waals surface area contributed by atoms with Crippen LogP contribution in [0.25, 0.3) is 0 Å². The molecule has 4 atom stereocenters. The van der Waals surface area contributed by atoms with Crippen molar-refractivity contribution in [2.45, 2.75) is 45.4 Å². The van der Waals surface area contributed by atoms with E-state index in [0.29, 0.717) is 12.0 Å². The zero-order valence-electron chi connectivity index (χ0n) is 20.1. The minimum Gasteiger partial charge on any atom is -0.508 e. The van der Waals surface area contributed by atoms with E-state index in [1.54, 1.807) is 6.08 Å². The maximum atomic E-state index is 13.4. The standard InChI is InChI=1S/C27H24F3NO6/c1-3-8-31-25(35)15-6-5-14-16(22(15)26(31)36)11-18-23(20(33)9-12(2)24(18)34)21(14)17-10-13(4-7-19(17)32)37-27(28,29)30/h4-5,7,9-10,15-16,21-22,32H,3,6,8,11H2,1-2H3/t15-,16+,21+,22-/m0/s1. The maximum Gasteiger partial charge on any atom is 0.573 e. The summed E-state index contributed by atoms with van der Waals surface area (Å²) in [5.41, 5.74) is 0.932. The fourth-order valence-electron chi connectivity index (χ4n) is 6.21. The number of phenols is 1. The number of benzene rings is 1. The van der Waals surface area contributed by atoms with Crippen molar-refractivity contribution in [3.05, 3.63) is 58.2 Å². The Morgan fingerprint density at radius 2 is 1.84 bits per heavy atom. The Morgan fingerprint density at radius 3 is 2.51 bits per heavy atom. The summed E-state index contributed by atoms with van der Waals surface area (Å²) in [6.07, 6.45) is -1.23. The number of carbonyl (C=O) groups is 4. The number of phenolic OH excluding ortho intramolecular Hbond substituents is 1. The van der Waals surface area contributed by atoms with E-state index in [9.17, 15) is 37.5 Å². The molecule has 0 unspecified atom stereocenters. The number of hydrogen-bond acceptors (Lipinski definition) is 6. The predicted octanol–water partition coefficient (Wildman–Crippen LogP) is 4.13. The number of alkyl halides is 3. The van der Waals surface area contributed by atoms with Crippen molar-refractivity contribution in [2.24, 2.45) is 17.8 Å². The van der Waals surface area contributed by atoms with Crippen molar-refractivity contribution in [3.8, 4) is 11.5 Å². The summed E-state index contributed by atoms with van der Waals surface area (Å²) in [5.74, 6) is -5.58. The summed E-state index contributed by atoms with van der Waals surface area (Å²) in [5, 5.41) is 10.7. The molecular weight excluding hydrogens is 491 g/mol. The molecule has 7 nitrogen and oxygen atoms in total. The number of Topliss-reactive ketones (excluding diaryl/α,β-unsaturated/α-hetero) is 1. The van der Waals surface area contributed by atoms with E-state index in [-0.39, 0.29) is 59.2 Å². The van der Waals surface area contributed by atoms with Gasteiger partial charge >= 0.3 is 6.36 Å². The zero-order chi connectivity index (χ0) is 26.8. The van der Waals surface area contributed by atoms with Gasteiger partial charge in [-0.2, -0.15) is 0 Å². The molecule has 3 aliphatic carbocycles. The summed E-state index contributed by atoms with van der Waals surface area (Å²) in [4.78, 5) is 54.1. The van der Waals surface area contributed by atoms with Crippen LogP contribution < -0.4 is 4.74 Å². The second kappa shape index (κ2) is 8.71. The van der Waals surface area contributed by atoms with Crippen LogP contribution in [-0.2, 0) is 19.2 Å². The summed E-state index contributed by atoms with van der Waals surface area (Å²) in [7, 11) is 0. The van der Waals surface area contributed by atoms with Crippen LogP contribution in [0.1, 0.15) is 44.6 Å². The molecule has 194 valence electrons. The quantitative estimate of drug-likeness (QED) is 0.368. The molecule has 0 spiro atoms. The molecule has 1 heterocycles. The van der Waals surface area contributed by atoms with Gasteiger partial charge < -0.3 is 9.84 Å². The average molecular weight is 515 g/mol.